The zero-order valence-corrected chi connectivity index (χ0v) is 15.2. The van der Waals surface area contributed by atoms with Gasteiger partial charge in [-0.1, -0.05) is 0 Å². The Labute approximate surface area is 146 Å². The number of methoxy groups -OCH3 is 1. The van der Waals surface area contributed by atoms with Crippen LogP contribution in [-0.4, -0.2) is 69.4 Å². The predicted molar refractivity (Wildman–Crippen MR) is 98.6 cm³/mol. The van der Waals surface area contributed by atoms with Crippen LogP contribution < -0.4 is 20.7 Å². The molecule has 0 atom stereocenters. The summed E-state index contributed by atoms with van der Waals surface area (Å²) >= 11 is 0. The van der Waals surface area contributed by atoms with Gasteiger partial charge in [0.1, 0.15) is 0 Å². The molecule has 6 nitrogen and oxygen atoms in total. The number of nitrogens with zero attached hydrogens (tertiary/aromatic N) is 2. The molecular formula is C18H33N5O. The van der Waals surface area contributed by atoms with Crippen molar-refractivity contribution in [3.63, 3.8) is 0 Å². The number of ether oxygens (including phenoxy) is 1. The molecule has 2 rings (SSSR count). The van der Waals surface area contributed by atoms with Crippen molar-refractivity contribution in [2.75, 3.05) is 59.5 Å². The topological polar surface area (TPSA) is 61.5 Å². The average Bonchev–Trinajstić information content (AvgIpc) is 2.57. The molecule has 0 unspecified atom stereocenters. The fourth-order valence-corrected chi connectivity index (χ4v) is 2.99. The summed E-state index contributed by atoms with van der Waals surface area (Å²) < 4.78 is 5.30. The quantitative estimate of drug-likeness (QED) is 0.758. The molecule has 136 valence electrons. The van der Waals surface area contributed by atoms with Gasteiger partial charge in [0.25, 0.3) is 0 Å². The smallest absolute Gasteiger partial charge is 0.213 e. The van der Waals surface area contributed by atoms with E-state index in [2.05, 4.69) is 38.0 Å². The van der Waals surface area contributed by atoms with Crippen molar-refractivity contribution in [3.8, 4) is 5.88 Å². The van der Waals surface area contributed by atoms with Crippen LogP contribution in [0.3, 0.4) is 0 Å². The summed E-state index contributed by atoms with van der Waals surface area (Å²) in [5, 5.41) is 10.5. The molecule has 0 amide bonds. The number of hydrogen-bond donors (Lipinski definition) is 3. The molecule has 0 spiro atoms. The maximum Gasteiger partial charge on any atom is 0.213 e. The predicted octanol–water partition coefficient (Wildman–Crippen LogP) is 0.763. The number of rotatable bonds is 3. The van der Waals surface area contributed by atoms with Gasteiger partial charge in [0.15, 0.2) is 0 Å². The first-order chi connectivity index (χ1) is 11.8. The first kappa shape index (κ1) is 19.1. The highest BCUT2D eigenvalue weighted by Gasteiger charge is 2.08. The Morgan fingerprint density at radius 3 is 2.42 bits per heavy atom. The van der Waals surface area contributed by atoms with E-state index in [1.54, 1.807) is 7.11 Å². The van der Waals surface area contributed by atoms with Crippen LogP contribution in [0.5, 0.6) is 5.88 Å². The van der Waals surface area contributed by atoms with Crippen molar-refractivity contribution in [1.82, 2.24) is 25.8 Å². The molecule has 0 bridgehead atoms. The molecule has 0 aliphatic carbocycles. The standard InChI is InChI=1S/C18H33N5O/c1-16-13-17(14-18(22-16)24-2)15-23-11-4-7-20-9-8-19-5-3-6-21-10-12-23/h13-14,19-21H,3-12,15H2,1-2H3. The highest BCUT2D eigenvalue weighted by atomic mass is 16.5. The Morgan fingerprint density at radius 2 is 1.67 bits per heavy atom. The number of pyridine rings is 1. The molecule has 1 fully saturated rings. The molecule has 1 aromatic rings. The van der Waals surface area contributed by atoms with E-state index >= 15 is 0 Å². The molecule has 0 aromatic carbocycles. The normalized spacial score (nSPS) is 19.6. The second-order valence-electron chi connectivity index (χ2n) is 6.39. The largest absolute Gasteiger partial charge is 0.481 e. The van der Waals surface area contributed by atoms with E-state index in [9.17, 15) is 0 Å². The third-order valence-corrected chi connectivity index (χ3v) is 4.22. The molecular weight excluding hydrogens is 302 g/mol. The van der Waals surface area contributed by atoms with Crippen LogP contribution in [0.1, 0.15) is 24.1 Å². The van der Waals surface area contributed by atoms with Crippen molar-refractivity contribution in [2.45, 2.75) is 26.3 Å². The molecule has 1 saturated heterocycles. The zero-order valence-electron chi connectivity index (χ0n) is 15.2. The van der Waals surface area contributed by atoms with Crippen LogP contribution in [0, 0.1) is 6.92 Å². The lowest BCUT2D eigenvalue weighted by atomic mass is 10.2. The highest BCUT2D eigenvalue weighted by Crippen LogP contribution is 2.14. The lowest BCUT2D eigenvalue weighted by Crippen LogP contribution is -2.36. The van der Waals surface area contributed by atoms with E-state index in [1.165, 1.54) is 18.4 Å². The van der Waals surface area contributed by atoms with E-state index in [1.807, 2.05) is 6.92 Å². The fraction of sp³-hybridized carbons (Fsp3) is 0.722. The fourth-order valence-electron chi connectivity index (χ4n) is 2.99. The summed E-state index contributed by atoms with van der Waals surface area (Å²) in [7, 11) is 1.68. The Bertz CT molecular complexity index is 455. The van der Waals surface area contributed by atoms with Gasteiger partial charge in [-0.3, -0.25) is 4.90 Å². The second-order valence-corrected chi connectivity index (χ2v) is 6.39. The minimum absolute atomic E-state index is 0.708. The van der Waals surface area contributed by atoms with Crippen molar-refractivity contribution in [3.05, 3.63) is 23.4 Å². The van der Waals surface area contributed by atoms with Gasteiger partial charge in [-0.2, -0.15) is 0 Å². The molecule has 3 N–H and O–H groups in total. The monoisotopic (exact) mass is 335 g/mol. The zero-order chi connectivity index (χ0) is 17.0. The van der Waals surface area contributed by atoms with Crippen LogP contribution >= 0.6 is 0 Å². The van der Waals surface area contributed by atoms with Crippen molar-refractivity contribution in [1.29, 1.82) is 0 Å². The Hall–Kier alpha value is -1.21. The van der Waals surface area contributed by atoms with Crippen LogP contribution in [0.25, 0.3) is 0 Å². The molecule has 0 saturated carbocycles. The summed E-state index contributed by atoms with van der Waals surface area (Å²) in [6.07, 6.45) is 2.35. The Kier molecular flexibility index (Phi) is 9.05. The molecule has 0 radical (unpaired) electrons. The van der Waals surface area contributed by atoms with E-state index < -0.39 is 0 Å². The minimum Gasteiger partial charge on any atom is -0.481 e. The molecule has 1 aromatic heterocycles. The minimum atomic E-state index is 0.708. The highest BCUT2D eigenvalue weighted by molar-refractivity contribution is 5.24. The van der Waals surface area contributed by atoms with E-state index in [-0.39, 0.29) is 0 Å². The number of hydrogen-bond acceptors (Lipinski definition) is 6. The van der Waals surface area contributed by atoms with Crippen molar-refractivity contribution >= 4 is 0 Å². The number of aromatic nitrogens is 1. The molecule has 1 aliphatic heterocycles. The van der Waals surface area contributed by atoms with Crippen LogP contribution in [0.4, 0.5) is 0 Å². The molecule has 24 heavy (non-hydrogen) atoms. The van der Waals surface area contributed by atoms with Crippen LogP contribution in [-0.2, 0) is 6.54 Å². The van der Waals surface area contributed by atoms with Gasteiger partial charge in [0, 0.05) is 44.5 Å². The van der Waals surface area contributed by atoms with Crippen LogP contribution in [0.2, 0.25) is 0 Å². The molecule has 2 heterocycles. The van der Waals surface area contributed by atoms with Gasteiger partial charge >= 0.3 is 0 Å². The first-order valence-corrected chi connectivity index (χ1v) is 9.14. The van der Waals surface area contributed by atoms with Gasteiger partial charge < -0.3 is 20.7 Å². The van der Waals surface area contributed by atoms with Crippen molar-refractivity contribution in [2.24, 2.45) is 0 Å². The SMILES string of the molecule is COc1cc(CN2CCCNCCNCCCNCC2)cc(C)n1. The van der Waals surface area contributed by atoms with Gasteiger partial charge in [-0.05, 0) is 57.6 Å². The van der Waals surface area contributed by atoms with Gasteiger partial charge in [0.2, 0.25) is 5.88 Å². The number of nitrogens with one attached hydrogen (secondary N) is 3. The lowest BCUT2D eigenvalue weighted by Gasteiger charge is -2.23. The van der Waals surface area contributed by atoms with E-state index in [0.717, 1.165) is 64.6 Å². The third kappa shape index (κ3) is 7.57. The summed E-state index contributed by atoms with van der Waals surface area (Å²) in [4.78, 5) is 6.90. The second kappa shape index (κ2) is 11.4. The maximum atomic E-state index is 5.30. The van der Waals surface area contributed by atoms with Gasteiger partial charge in [-0.15, -0.1) is 0 Å². The Morgan fingerprint density at radius 1 is 0.958 bits per heavy atom. The summed E-state index contributed by atoms with van der Waals surface area (Å²) in [6, 6.07) is 4.21. The first-order valence-electron chi connectivity index (χ1n) is 9.14. The Balaban J connectivity index is 1.89. The summed E-state index contributed by atoms with van der Waals surface area (Å²) in [6.45, 7) is 11.5. The molecule has 6 heteroatoms. The van der Waals surface area contributed by atoms with Gasteiger partial charge in [-0.25, -0.2) is 4.98 Å². The summed E-state index contributed by atoms with van der Waals surface area (Å²) in [5.74, 6) is 0.708. The number of aryl methyl sites for hydroxylation is 1. The maximum absolute atomic E-state index is 5.30. The van der Waals surface area contributed by atoms with Crippen LogP contribution in [0.15, 0.2) is 12.1 Å². The lowest BCUT2D eigenvalue weighted by molar-refractivity contribution is 0.259. The average molecular weight is 335 g/mol. The van der Waals surface area contributed by atoms with E-state index in [0.29, 0.717) is 5.88 Å². The van der Waals surface area contributed by atoms with Gasteiger partial charge in [0.05, 0.1) is 7.11 Å². The van der Waals surface area contributed by atoms with Crippen molar-refractivity contribution < 1.29 is 4.74 Å². The summed E-state index contributed by atoms with van der Waals surface area (Å²) in [5.41, 5.74) is 2.29. The van der Waals surface area contributed by atoms with E-state index in [4.69, 9.17) is 4.74 Å². The third-order valence-electron chi connectivity index (χ3n) is 4.22. The molecule has 1 aliphatic rings.